The minimum Gasteiger partial charge on any atom is -0.466 e. The molecule has 0 aliphatic rings. The van der Waals surface area contributed by atoms with Crippen molar-refractivity contribution in [2.24, 2.45) is 0 Å². The zero-order valence-corrected chi connectivity index (χ0v) is 14.7. The molecular weight excluding hydrogens is 326 g/mol. The number of aryl methyl sites for hydroxylation is 2. The molecule has 130 valence electrons. The van der Waals surface area contributed by atoms with Gasteiger partial charge in [0.05, 0.1) is 5.56 Å². The van der Waals surface area contributed by atoms with Gasteiger partial charge in [-0.2, -0.15) is 0 Å². The molecule has 1 N–H and O–H groups in total. The number of carbonyl (C=O) groups excluding carboxylic acids is 1. The van der Waals surface area contributed by atoms with Gasteiger partial charge in [-0.3, -0.25) is 4.79 Å². The lowest BCUT2D eigenvalue weighted by Gasteiger charge is -2.17. The molecule has 0 fully saturated rings. The van der Waals surface area contributed by atoms with Gasteiger partial charge >= 0.3 is 0 Å². The maximum Gasteiger partial charge on any atom is 0.255 e. The predicted molar refractivity (Wildman–Crippen MR) is 100 cm³/mol. The summed E-state index contributed by atoms with van der Waals surface area (Å²) in [6.07, 6.45) is 0. The molecule has 1 atom stereocenters. The molecule has 1 amide bonds. The highest BCUT2D eigenvalue weighted by Gasteiger charge is 2.23. The number of benzene rings is 2. The Hall–Kier alpha value is -3.27. The van der Waals surface area contributed by atoms with E-state index in [1.165, 1.54) is 0 Å². The Morgan fingerprint density at radius 3 is 2.35 bits per heavy atom. The number of fused-ring (bicyclic) bond motifs is 1. The molecule has 4 nitrogen and oxygen atoms in total. The van der Waals surface area contributed by atoms with Crippen molar-refractivity contribution in [3.05, 3.63) is 95.1 Å². The quantitative estimate of drug-likeness (QED) is 0.556. The van der Waals surface area contributed by atoms with E-state index in [1.54, 1.807) is 13.0 Å². The van der Waals surface area contributed by atoms with E-state index in [0.29, 0.717) is 22.8 Å². The van der Waals surface area contributed by atoms with E-state index in [1.807, 2.05) is 67.6 Å². The average molecular weight is 345 g/mol. The number of carbonyl (C=O) groups is 1. The number of hydrogen-bond donors (Lipinski definition) is 1. The Morgan fingerprint density at radius 2 is 1.65 bits per heavy atom. The Labute approximate surface area is 151 Å². The van der Waals surface area contributed by atoms with Crippen LogP contribution in [0.3, 0.4) is 0 Å². The fourth-order valence-electron chi connectivity index (χ4n) is 3.17. The van der Waals surface area contributed by atoms with Crippen LogP contribution in [0, 0.1) is 13.8 Å². The van der Waals surface area contributed by atoms with Crippen LogP contribution in [0.2, 0.25) is 0 Å². The third kappa shape index (κ3) is 3.02. The number of nitrogens with one attached hydrogen (secondary N) is 1. The topological polar surface area (TPSA) is 55.4 Å². The molecule has 0 saturated heterocycles. The largest absolute Gasteiger partial charge is 0.466 e. The van der Waals surface area contributed by atoms with Crippen LogP contribution in [0.15, 0.2) is 75.6 Å². The van der Waals surface area contributed by atoms with Crippen LogP contribution in [-0.2, 0) is 0 Å². The van der Waals surface area contributed by atoms with Crippen molar-refractivity contribution in [1.82, 2.24) is 5.32 Å². The molecule has 2 aromatic heterocycles. The van der Waals surface area contributed by atoms with Gasteiger partial charge in [0.2, 0.25) is 0 Å². The lowest BCUT2D eigenvalue weighted by atomic mass is 10.0. The number of rotatable bonds is 4. The van der Waals surface area contributed by atoms with Crippen LogP contribution in [0.1, 0.15) is 39.2 Å². The van der Waals surface area contributed by atoms with Gasteiger partial charge in [-0.05, 0) is 37.6 Å². The minimum absolute atomic E-state index is 0.186. The van der Waals surface area contributed by atoms with Gasteiger partial charge in [-0.25, -0.2) is 0 Å². The summed E-state index contributed by atoms with van der Waals surface area (Å²) in [7, 11) is 0. The zero-order chi connectivity index (χ0) is 18.1. The lowest BCUT2D eigenvalue weighted by Crippen LogP contribution is -2.29. The van der Waals surface area contributed by atoms with Crippen LogP contribution < -0.4 is 5.32 Å². The van der Waals surface area contributed by atoms with E-state index in [0.717, 1.165) is 16.5 Å². The maximum absolute atomic E-state index is 12.8. The van der Waals surface area contributed by atoms with Crippen molar-refractivity contribution in [2.45, 2.75) is 19.9 Å². The smallest absolute Gasteiger partial charge is 0.255 e. The van der Waals surface area contributed by atoms with Crippen LogP contribution in [0.25, 0.3) is 11.0 Å². The molecule has 26 heavy (non-hydrogen) atoms. The molecule has 0 aliphatic carbocycles. The van der Waals surface area contributed by atoms with Crippen LogP contribution >= 0.6 is 0 Å². The van der Waals surface area contributed by atoms with Crippen molar-refractivity contribution in [1.29, 1.82) is 0 Å². The normalized spacial score (nSPS) is 12.2. The van der Waals surface area contributed by atoms with E-state index in [-0.39, 0.29) is 11.9 Å². The standard InChI is InChI=1S/C22H19NO3/c1-14-12-18(15(2)25-14)22(24)23-21(16-8-4-3-5-9-16)20-13-17-10-6-7-11-19(17)26-20/h3-13,21H,1-2H3,(H,23,24). The van der Waals surface area contributed by atoms with Crippen molar-refractivity contribution in [3.8, 4) is 0 Å². The first-order valence-electron chi connectivity index (χ1n) is 8.53. The van der Waals surface area contributed by atoms with Gasteiger partial charge in [-0.15, -0.1) is 0 Å². The van der Waals surface area contributed by atoms with E-state index in [2.05, 4.69) is 5.32 Å². The number of para-hydroxylation sites is 1. The van der Waals surface area contributed by atoms with Crippen molar-refractivity contribution >= 4 is 16.9 Å². The first-order valence-corrected chi connectivity index (χ1v) is 8.53. The average Bonchev–Trinajstić information content (AvgIpc) is 3.22. The summed E-state index contributed by atoms with van der Waals surface area (Å²) in [5.41, 5.74) is 2.30. The van der Waals surface area contributed by atoms with Gasteiger partial charge in [0.15, 0.2) is 0 Å². The second kappa shape index (κ2) is 6.56. The van der Waals surface area contributed by atoms with Crippen molar-refractivity contribution < 1.29 is 13.6 Å². The molecule has 4 heteroatoms. The SMILES string of the molecule is Cc1cc(C(=O)NC(c2ccccc2)c2cc3ccccc3o2)c(C)o1. The second-order valence-electron chi connectivity index (χ2n) is 6.33. The Morgan fingerprint density at radius 1 is 0.923 bits per heavy atom. The summed E-state index contributed by atoms with van der Waals surface area (Å²) in [4.78, 5) is 12.8. The lowest BCUT2D eigenvalue weighted by molar-refractivity contribution is 0.0937. The number of furan rings is 2. The highest BCUT2D eigenvalue weighted by molar-refractivity contribution is 5.95. The fraction of sp³-hybridized carbons (Fsp3) is 0.136. The highest BCUT2D eigenvalue weighted by atomic mass is 16.3. The third-order valence-electron chi connectivity index (χ3n) is 4.42. The zero-order valence-electron chi connectivity index (χ0n) is 14.7. The van der Waals surface area contributed by atoms with Crippen molar-refractivity contribution in [2.75, 3.05) is 0 Å². The summed E-state index contributed by atoms with van der Waals surface area (Å²) >= 11 is 0. The molecule has 2 aromatic carbocycles. The summed E-state index contributed by atoms with van der Waals surface area (Å²) < 4.78 is 11.5. The Balaban J connectivity index is 1.74. The van der Waals surface area contributed by atoms with Gasteiger partial charge in [-0.1, -0.05) is 48.5 Å². The molecule has 0 aliphatic heterocycles. The molecular formula is C22H19NO3. The molecule has 4 aromatic rings. The van der Waals surface area contributed by atoms with Gasteiger partial charge in [0.1, 0.15) is 28.9 Å². The molecule has 0 radical (unpaired) electrons. The predicted octanol–water partition coefficient (Wildman–Crippen LogP) is 5.16. The number of hydrogen-bond acceptors (Lipinski definition) is 3. The molecule has 1 unspecified atom stereocenters. The molecule has 0 bridgehead atoms. The minimum atomic E-state index is -0.384. The van der Waals surface area contributed by atoms with Crippen LogP contribution in [0.5, 0.6) is 0 Å². The van der Waals surface area contributed by atoms with Crippen LogP contribution in [0.4, 0.5) is 0 Å². The first-order chi connectivity index (χ1) is 12.6. The molecule has 0 saturated carbocycles. The van der Waals surface area contributed by atoms with E-state index in [4.69, 9.17) is 8.83 Å². The van der Waals surface area contributed by atoms with E-state index >= 15 is 0 Å². The highest BCUT2D eigenvalue weighted by Crippen LogP contribution is 2.29. The maximum atomic E-state index is 12.8. The molecule has 0 spiro atoms. The molecule has 2 heterocycles. The van der Waals surface area contributed by atoms with E-state index < -0.39 is 0 Å². The molecule has 4 rings (SSSR count). The van der Waals surface area contributed by atoms with Gasteiger partial charge in [0, 0.05) is 5.39 Å². The number of amides is 1. The summed E-state index contributed by atoms with van der Waals surface area (Å²) in [5, 5.41) is 4.10. The van der Waals surface area contributed by atoms with E-state index in [9.17, 15) is 4.79 Å². The summed E-state index contributed by atoms with van der Waals surface area (Å²) in [6.45, 7) is 3.62. The monoisotopic (exact) mass is 345 g/mol. The third-order valence-corrected chi connectivity index (χ3v) is 4.42. The summed E-state index contributed by atoms with van der Waals surface area (Å²) in [5.74, 6) is 1.83. The Bertz CT molecular complexity index is 1030. The fourth-order valence-corrected chi connectivity index (χ4v) is 3.17. The van der Waals surface area contributed by atoms with Gasteiger partial charge < -0.3 is 14.2 Å². The van der Waals surface area contributed by atoms with Crippen molar-refractivity contribution in [3.63, 3.8) is 0 Å². The second-order valence-corrected chi connectivity index (χ2v) is 6.33. The first kappa shape index (κ1) is 16.2. The Kier molecular flexibility index (Phi) is 4.09. The summed E-state index contributed by atoms with van der Waals surface area (Å²) in [6, 6.07) is 21.0. The van der Waals surface area contributed by atoms with Gasteiger partial charge in [0.25, 0.3) is 5.91 Å². The van der Waals surface area contributed by atoms with Crippen LogP contribution in [-0.4, -0.2) is 5.91 Å².